The Morgan fingerprint density at radius 1 is 1.53 bits per heavy atom. The van der Waals surface area contributed by atoms with Gasteiger partial charge in [-0.25, -0.2) is 8.78 Å². The molecule has 3 N–H and O–H groups in total. The van der Waals surface area contributed by atoms with E-state index in [1.54, 1.807) is 13.1 Å². The van der Waals surface area contributed by atoms with Crippen LogP contribution in [0.2, 0.25) is 0 Å². The molecule has 104 valence electrons. The van der Waals surface area contributed by atoms with E-state index in [2.05, 4.69) is 5.32 Å². The molecule has 0 heterocycles. The zero-order valence-electron chi connectivity index (χ0n) is 10.7. The molecule has 6 heteroatoms. The van der Waals surface area contributed by atoms with Gasteiger partial charge in [0.15, 0.2) is 0 Å². The van der Waals surface area contributed by atoms with Gasteiger partial charge in [0.2, 0.25) is 5.91 Å². The second-order valence-electron chi connectivity index (χ2n) is 4.82. The number of nitrogens with zero attached hydrogens (tertiary/aromatic N) is 1. The summed E-state index contributed by atoms with van der Waals surface area (Å²) in [5, 5.41) is 2.82. The second-order valence-corrected chi connectivity index (χ2v) is 4.82. The van der Waals surface area contributed by atoms with Crippen LogP contribution in [0.4, 0.5) is 20.2 Å². The van der Waals surface area contributed by atoms with Crippen molar-refractivity contribution in [1.29, 1.82) is 0 Å². The summed E-state index contributed by atoms with van der Waals surface area (Å²) < 4.78 is 25.9. The maximum atomic E-state index is 12.9. The van der Waals surface area contributed by atoms with Gasteiger partial charge < -0.3 is 16.0 Å². The lowest BCUT2D eigenvalue weighted by Crippen LogP contribution is -2.36. The third kappa shape index (κ3) is 3.56. The Labute approximate surface area is 110 Å². The van der Waals surface area contributed by atoms with Crippen LogP contribution in [0.1, 0.15) is 24.8 Å². The number of amides is 1. The summed E-state index contributed by atoms with van der Waals surface area (Å²) in [6.45, 7) is 0.0557. The van der Waals surface area contributed by atoms with Crippen LogP contribution in [0.15, 0.2) is 18.2 Å². The highest BCUT2D eigenvalue weighted by molar-refractivity contribution is 5.82. The molecule has 1 aromatic rings. The highest BCUT2D eigenvalue weighted by Crippen LogP contribution is 2.31. The number of nitrogen functional groups attached to an aromatic ring is 1. The minimum atomic E-state index is -2.62. The lowest BCUT2D eigenvalue weighted by Gasteiger charge is -2.22. The van der Waals surface area contributed by atoms with Crippen molar-refractivity contribution in [3.05, 3.63) is 23.8 Å². The SMILES string of the molecule is CN(CC(=O)NC1CC1)c1ccc(N)cc1C(F)F. The number of carbonyl (C=O) groups is 1. The molecule has 1 saturated carbocycles. The lowest BCUT2D eigenvalue weighted by molar-refractivity contribution is -0.119. The Balaban J connectivity index is 2.08. The normalized spacial score (nSPS) is 14.5. The molecule has 0 radical (unpaired) electrons. The van der Waals surface area contributed by atoms with E-state index in [0.717, 1.165) is 12.8 Å². The van der Waals surface area contributed by atoms with Crippen molar-refractivity contribution in [1.82, 2.24) is 5.32 Å². The van der Waals surface area contributed by atoms with Crippen LogP contribution in [0.3, 0.4) is 0 Å². The molecular formula is C13H17F2N3O. The summed E-state index contributed by atoms with van der Waals surface area (Å²) in [4.78, 5) is 13.2. The third-order valence-electron chi connectivity index (χ3n) is 3.02. The first-order valence-electron chi connectivity index (χ1n) is 6.15. The predicted octanol–water partition coefficient (Wildman–Crippen LogP) is 1.92. The molecule has 2 rings (SSSR count). The van der Waals surface area contributed by atoms with Crippen LogP contribution in [0.5, 0.6) is 0 Å². The minimum Gasteiger partial charge on any atom is -0.399 e. The number of alkyl halides is 2. The molecule has 0 atom stereocenters. The Hall–Kier alpha value is -1.85. The highest BCUT2D eigenvalue weighted by Gasteiger charge is 2.24. The lowest BCUT2D eigenvalue weighted by atomic mass is 10.1. The van der Waals surface area contributed by atoms with E-state index in [1.807, 2.05) is 0 Å². The molecule has 1 fully saturated rings. The van der Waals surface area contributed by atoms with Crippen molar-refractivity contribution in [3.8, 4) is 0 Å². The zero-order chi connectivity index (χ0) is 14.0. The Morgan fingerprint density at radius 2 is 2.21 bits per heavy atom. The number of anilines is 2. The van der Waals surface area contributed by atoms with E-state index in [9.17, 15) is 13.6 Å². The number of rotatable bonds is 5. The molecule has 0 unspecified atom stereocenters. The fraction of sp³-hybridized carbons (Fsp3) is 0.462. The molecule has 1 aliphatic rings. The Morgan fingerprint density at radius 3 is 2.79 bits per heavy atom. The fourth-order valence-electron chi connectivity index (χ4n) is 1.90. The smallest absolute Gasteiger partial charge is 0.265 e. The summed E-state index contributed by atoms with van der Waals surface area (Å²) in [6, 6.07) is 4.58. The van der Waals surface area contributed by atoms with Crippen LogP contribution in [0.25, 0.3) is 0 Å². The highest BCUT2D eigenvalue weighted by atomic mass is 19.3. The molecular weight excluding hydrogens is 252 g/mol. The molecule has 1 aromatic carbocycles. The molecule has 1 amide bonds. The Bertz CT molecular complexity index is 475. The molecule has 19 heavy (non-hydrogen) atoms. The number of hydrogen-bond acceptors (Lipinski definition) is 3. The first-order chi connectivity index (χ1) is 8.97. The second kappa shape index (κ2) is 5.42. The average molecular weight is 269 g/mol. The molecule has 0 saturated heterocycles. The molecule has 0 bridgehead atoms. The van der Waals surface area contributed by atoms with Crippen molar-refractivity contribution >= 4 is 17.3 Å². The third-order valence-corrected chi connectivity index (χ3v) is 3.02. The van der Waals surface area contributed by atoms with Crippen LogP contribution in [-0.2, 0) is 4.79 Å². The van der Waals surface area contributed by atoms with Gasteiger partial charge in [0, 0.05) is 30.0 Å². The predicted molar refractivity (Wildman–Crippen MR) is 70.2 cm³/mol. The summed E-state index contributed by atoms with van der Waals surface area (Å²) in [5.74, 6) is -0.151. The van der Waals surface area contributed by atoms with Crippen molar-refractivity contribution < 1.29 is 13.6 Å². The van der Waals surface area contributed by atoms with Gasteiger partial charge in [-0.3, -0.25) is 4.79 Å². The number of carbonyl (C=O) groups excluding carboxylic acids is 1. The van der Waals surface area contributed by atoms with Crippen LogP contribution in [0, 0.1) is 0 Å². The van der Waals surface area contributed by atoms with Gasteiger partial charge in [-0.1, -0.05) is 0 Å². The van der Waals surface area contributed by atoms with E-state index in [4.69, 9.17) is 5.73 Å². The zero-order valence-corrected chi connectivity index (χ0v) is 10.7. The Kier molecular flexibility index (Phi) is 3.87. The monoisotopic (exact) mass is 269 g/mol. The van der Waals surface area contributed by atoms with Crippen LogP contribution >= 0.6 is 0 Å². The average Bonchev–Trinajstić information content (AvgIpc) is 3.12. The van der Waals surface area contributed by atoms with E-state index in [1.165, 1.54) is 17.0 Å². The molecule has 1 aliphatic carbocycles. The topological polar surface area (TPSA) is 58.4 Å². The number of nitrogens with two attached hydrogens (primary N) is 1. The summed E-state index contributed by atoms with van der Waals surface area (Å²) in [5.41, 5.74) is 5.97. The van der Waals surface area contributed by atoms with Crippen molar-refractivity contribution in [2.45, 2.75) is 25.3 Å². The number of nitrogens with one attached hydrogen (secondary N) is 1. The van der Waals surface area contributed by atoms with Crippen molar-refractivity contribution in [3.63, 3.8) is 0 Å². The molecule has 0 spiro atoms. The van der Waals surface area contributed by atoms with Gasteiger partial charge in [0.1, 0.15) is 0 Å². The largest absolute Gasteiger partial charge is 0.399 e. The molecule has 0 aliphatic heterocycles. The van der Waals surface area contributed by atoms with E-state index in [-0.39, 0.29) is 29.7 Å². The maximum absolute atomic E-state index is 12.9. The molecule has 0 aromatic heterocycles. The van der Waals surface area contributed by atoms with Crippen molar-refractivity contribution in [2.24, 2.45) is 0 Å². The number of hydrogen-bond donors (Lipinski definition) is 2. The quantitative estimate of drug-likeness (QED) is 0.803. The first-order valence-corrected chi connectivity index (χ1v) is 6.15. The number of halogens is 2. The van der Waals surface area contributed by atoms with Gasteiger partial charge in [-0.05, 0) is 31.0 Å². The maximum Gasteiger partial charge on any atom is 0.265 e. The summed E-state index contributed by atoms with van der Waals surface area (Å²) >= 11 is 0. The van der Waals surface area contributed by atoms with E-state index >= 15 is 0 Å². The minimum absolute atomic E-state index is 0.0557. The number of benzene rings is 1. The van der Waals surface area contributed by atoms with Gasteiger partial charge in [0.25, 0.3) is 6.43 Å². The molecule has 4 nitrogen and oxygen atoms in total. The van der Waals surface area contributed by atoms with Gasteiger partial charge in [-0.15, -0.1) is 0 Å². The number of likely N-dealkylation sites (N-methyl/N-ethyl adjacent to an activating group) is 1. The van der Waals surface area contributed by atoms with Gasteiger partial charge >= 0.3 is 0 Å². The first kappa shape index (κ1) is 13.6. The van der Waals surface area contributed by atoms with E-state index < -0.39 is 6.43 Å². The van der Waals surface area contributed by atoms with Crippen molar-refractivity contribution in [2.75, 3.05) is 24.2 Å². The van der Waals surface area contributed by atoms with Crippen LogP contribution in [-0.4, -0.2) is 25.5 Å². The van der Waals surface area contributed by atoms with E-state index in [0.29, 0.717) is 5.69 Å². The summed E-state index contributed by atoms with van der Waals surface area (Å²) in [6.07, 6.45) is -0.619. The summed E-state index contributed by atoms with van der Waals surface area (Å²) in [7, 11) is 1.61. The van der Waals surface area contributed by atoms with Gasteiger partial charge in [-0.2, -0.15) is 0 Å². The fourth-order valence-corrected chi connectivity index (χ4v) is 1.90. The van der Waals surface area contributed by atoms with Crippen LogP contribution < -0.4 is 16.0 Å². The standard InChI is InChI=1S/C13H17F2N3O/c1-18(7-12(19)17-9-3-4-9)11-5-2-8(16)6-10(11)13(14)15/h2,5-6,9,13H,3-4,7,16H2,1H3,(H,17,19). The van der Waals surface area contributed by atoms with Gasteiger partial charge in [0.05, 0.1) is 6.54 Å².